The monoisotopic (exact) mass is 384 g/mol. The van der Waals surface area contributed by atoms with E-state index in [-0.39, 0.29) is 30.8 Å². The largest absolute Gasteiger partial charge is 0.385 e. The molecule has 0 unspecified atom stereocenters. The van der Waals surface area contributed by atoms with Crippen LogP contribution in [0.5, 0.6) is 0 Å². The van der Waals surface area contributed by atoms with Crippen molar-refractivity contribution in [2.45, 2.75) is 46.0 Å². The van der Waals surface area contributed by atoms with Crippen LogP contribution in [0, 0.1) is 0 Å². The van der Waals surface area contributed by atoms with Gasteiger partial charge in [0.1, 0.15) is 0 Å². The summed E-state index contributed by atoms with van der Waals surface area (Å²) < 4.78 is 30.1. The van der Waals surface area contributed by atoms with Crippen molar-refractivity contribution >= 4 is 21.6 Å². The van der Waals surface area contributed by atoms with E-state index in [4.69, 9.17) is 4.74 Å². The Labute approximate surface area is 158 Å². The van der Waals surface area contributed by atoms with E-state index in [1.165, 1.54) is 4.31 Å². The van der Waals surface area contributed by atoms with E-state index in [9.17, 15) is 13.2 Å². The van der Waals surface area contributed by atoms with Crippen LogP contribution in [0.4, 0.5) is 5.69 Å². The molecule has 26 heavy (non-hydrogen) atoms. The zero-order chi connectivity index (χ0) is 19.9. The number of hydrogen-bond acceptors (Lipinski definition) is 4. The van der Waals surface area contributed by atoms with Crippen molar-refractivity contribution in [2.24, 2.45) is 0 Å². The normalized spacial score (nSPS) is 12.2. The SMILES string of the molecule is COCCCN(CC(=O)Nc1c(C(C)C)cccc1C(C)C)S(C)(=O)=O. The number of anilines is 1. The Hall–Kier alpha value is -1.44. The number of carbonyl (C=O) groups excluding carboxylic acids is 1. The molecule has 0 bridgehead atoms. The lowest BCUT2D eigenvalue weighted by atomic mass is 9.92. The number of benzene rings is 1. The van der Waals surface area contributed by atoms with Crippen molar-refractivity contribution in [3.63, 3.8) is 0 Å². The molecule has 1 rings (SSSR count). The van der Waals surface area contributed by atoms with Crippen molar-refractivity contribution in [2.75, 3.05) is 38.4 Å². The number of ether oxygens (including phenoxy) is 1. The summed E-state index contributed by atoms with van der Waals surface area (Å²) >= 11 is 0. The van der Waals surface area contributed by atoms with Crippen molar-refractivity contribution in [1.29, 1.82) is 0 Å². The number of amides is 1. The highest BCUT2D eigenvalue weighted by molar-refractivity contribution is 7.88. The van der Waals surface area contributed by atoms with Crippen LogP contribution < -0.4 is 5.32 Å². The molecule has 1 aromatic rings. The molecule has 0 aliphatic rings. The number of carbonyl (C=O) groups is 1. The smallest absolute Gasteiger partial charge is 0.239 e. The van der Waals surface area contributed by atoms with Crippen molar-refractivity contribution in [1.82, 2.24) is 4.31 Å². The van der Waals surface area contributed by atoms with Gasteiger partial charge in [-0.3, -0.25) is 4.79 Å². The molecular formula is C19H32N2O4S. The number of hydrogen-bond donors (Lipinski definition) is 1. The van der Waals surface area contributed by atoms with Gasteiger partial charge in [-0.05, 0) is 29.4 Å². The van der Waals surface area contributed by atoms with Crippen LogP contribution in [0.2, 0.25) is 0 Å². The molecule has 6 nitrogen and oxygen atoms in total. The average Bonchev–Trinajstić information content (AvgIpc) is 2.52. The highest BCUT2D eigenvalue weighted by atomic mass is 32.2. The van der Waals surface area contributed by atoms with Crippen LogP contribution in [0.3, 0.4) is 0 Å². The minimum atomic E-state index is -3.47. The summed E-state index contributed by atoms with van der Waals surface area (Å²) in [6.07, 6.45) is 1.66. The molecule has 0 radical (unpaired) electrons. The average molecular weight is 385 g/mol. The standard InChI is InChI=1S/C19H32N2O4S/c1-14(2)16-9-7-10-17(15(3)4)19(16)20-18(22)13-21(26(6,23)24)11-8-12-25-5/h7,9-10,14-15H,8,11-13H2,1-6H3,(H,20,22). The second-order valence-electron chi connectivity index (χ2n) is 7.11. The summed E-state index contributed by atoms with van der Waals surface area (Å²) in [7, 11) is -1.91. The van der Waals surface area contributed by atoms with Gasteiger partial charge in [-0.2, -0.15) is 4.31 Å². The molecule has 1 amide bonds. The minimum absolute atomic E-state index is 0.202. The molecule has 0 aromatic heterocycles. The lowest BCUT2D eigenvalue weighted by Crippen LogP contribution is -2.38. The van der Waals surface area contributed by atoms with Crippen molar-refractivity contribution in [3.8, 4) is 0 Å². The van der Waals surface area contributed by atoms with E-state index in [1.54, 1.807) is 7.11 Å². The highest BCUT2D eigenvalue weighted by Gasteiger charge is 2.22. The Morgan fingerprint density at radius 2 is 1.69 bits per heavy atom. The summed E-state index contributed by atoms with van der Waals surface area (Å²) in [4.78, 5) is 12.6. The Morgan fingerprint density at radius 1 is 1.15 bits per heavy atom. The molecule has 0 heterocycles. The summed E-state index contributed by atoms with van der Waals surface area (Å²) in [5, 5.41) is 2.96. The fourth-order valence-electron chi connectivity index (χ4n) is 2.78. The van der Waals surface area contributed by atoms with Crippen molar-refractivity contribution < 1.29 is 17.9 Å². The highest BCUT2D eigenvalue weighted by Crippen LogP contribution is 2.32. The zero-order valence-electron chi connectivity index (χ0n) is 16.7. The maximum atomic E-state index is 12.6. The Bertz CT molecular complexity index is 673. The molecule has 7 heteroatoms. The van der Waals surface area contributed by atoms with Crippen LogP contribution in [0.1, 0.15) is 57.1 Å². The number of methoxy groups -OCH3 is 1. The van der Waals surface area contributed by atoms with Gasteiger partial charge in [0.25, 0.3) is 0 Å². The molecule has 1 N–H and O–H groups in total. The van der Waals surface area contributed by atoms with E-state index in [1.807, 2.05) is 18.2 Å². The van der Waals surface area contributed by atoms with Crippen molar-refractivity contribution in [3.05, 3.63) is 29.3 Å². The first kappa shape index (κ1) is 22.6. The zero-order valence-corrected chi connectivity index (χ0v) is 17.5. The van der Waals surface area contributed by atoms with Gasteiger partial charge in [-0.25, -0.2) is 8.42 Å². The first-order valence-electron chi connectivity index (χ1n) is 8.94. The Morgan fingerprint density at radius 3 is 2.12 bits per heavy atom. The van der Waals surface area contributed by atoms with E-state index in [2.05, 4.69) is 33.0 Å². The number of sulfonamides is 1. The fourth-order valence-corrected chi connectivity index (χ4v) is 3.59. The summed E-state index contributed by atoms with van der Waals surface area (Å²) in [6.45, 7) is 8.79. The van der Waals surface area contributed by atoms with Gasteiger partial charge in [-0.1, -0.05) is 45.9 Å². The lowest BCUT2D eigenvalue weighted by Gasteiger charge is -2.23. The van der Waals surface area contributed by atoms with Gasteiger partial charge in [0, 0.05) is 25.9 Å². The lowest BCUT2D eigenvalue weighted by molar-refractivity contribution is -0.116. The molecule has 0 spiro atoms. The maximum Gasteiger partial charge on any atom is 0.239 e. The molecular weight excluding hydrogens is 352 g/mol. The number of para-hydroxylation sites is 1. The Balaban J connectivity index is 3.01. The van der Waals surface area contributed by atoms with Gasteiger partial charge in [0.05, 0.1) is 12.8 Å². The molecule has 0 atom stereocenters. The van der Waals surface area contributed by atoms with Crippen LogP contribution in [0.25, 0.3) is 0 Å². The maximum absolute atomic E-state index is 12.6. The van der Waals surface area contributed by atoms with Crippen LogP contribution in [-0.4, -0.2) is 51.7 Å². The van der Waals surface area contributed by atoms with E-state index >= 15 is 0 Å². The second-order valence-corrected chi connectivity index (χ2v) is 9.09. The predicted octanol–water partition coefficient (Wildman–Crippen LogP) is 3.17. The molecule has 0 fully saturated rings. The van der Waals surface area contributed by atoms with Gasteiger partial charge >= 0.3 is 0 Å². The molecule has 148 valence electrons. The first-order chi connectivity index (χ1) is 12.1. The first-order valence-corrected chi connectivity index (χ1v) is 10.8. The number of nitrogens with zero attached hydrogens (tertiary/aromatic N) is 1. The Kier molecular flexibility index (Phi) is 8.73. The minimum Gasteiger partial charge on any atom is -0.385 e. The molecule has 0 saturated heterocycles. The topological polar surface area (TPSA) is 75.7 Å². The van der Waals surface area contributed by atoms with Gasteiger partial charge < -0.3 is 10.1 Å². The third-order valence-corrected chi connectivity index (χ3v) is 5.43. The fraction of sp³-hybridized carbons (Fsp3) is 0.632. The summed E-state index contributed by atoms with van der Waals surface area (Å²) in [6, 6.07) is 5.99. The third kappa shape index (κ3) is 6.70. The van der Waals surface area contributed by atoms with E-state index < -0.39 is 10.0 Å². The molecule has 1 aromatic carbocycles. The predicted molar refractivity (Wildman–Crippen MR) is 106 cm³/mol. The third-order valence-electron chi connectivity index (χ3n) is 4.18. The van der Waals surface area contributed by atoms with E-state index in [0.29, 0.717) is 13.0 Å². The quantitative estimate of drug-likeness (QED) is 0.629. The van der Waals surface area contributed by atoms with Crippen LogP contribution in [0.15, 0.2) is 18.2 Å². The second kappa shape index (κ2) is 10.0. The molecule has 0 aliphatic carbocycles. The molecule has 0 aliphatic heterocycles. The van der Waals surface area contributed by atoms with Gasteiger partial charge in [0.15, 0.2) is 0 Å². The molecule has 0 saturated carbocycles. The van der Waals surface area contributed by atoms with Crippen LogP contribution in [-0.2, 0) is 19.6 Å². The number of rotatable bonds is 10. The van der Waals surface area contributed by atoms with Gasteiger partial charge in [-0.15, -0.1) is 0 Å². The summed E-state index contributed by atoms with van der Waals surface area (Å²) in [5.41, 5.74) is 2.90. The van der Waals surface area contributed by atoms with Crippen LogP contribution >= 0.6 is 0 Å². The van der Waals surface area contributed by atoms with E-state index in [0.717, 1.165) is 23.1 Å². The number of nitrogens with one attached hydrogen (secondary N) is 1. The summed E-state index contributed by atoms with van der Waals surface area (Å²) in [5.74, 6) is 0.163. The van der Waals surface area contributed by atoms with Gasteiger partial charge in [0.2, 0.25) is 15.9 Å².